The molecule has 4 nitrogen and oxygen atoms in total. The number of nitrogens with zero attached hydrogens (tertiary/aromatic N) is 4. The van der Waals surface area contributed by atoms with Crippen molar-refractivity contribution >= 4 is 97.7 Å². The van der Waals surface area contributed by atoms with Crippen molar-refractivity contribution in [2.45, 2.75) is 0 Å². The lowest BCUT2D eigenvalue weighted by molar-refractivity contribution is 1.17. The maximum atomic E-state index is 5.14. The van der Waals surface area contributed by atoms with Crippen LogP contribution >= 0.6 is 0 Å². The molecule has 0 amide bonds. The highest BCUT2D eigenvalue weighted by molar-refractivity contribution is 6.29. The second kappa shape index (κ2) is 13.4. The second-order valence-electron chi connectivity index (χ2n) is 16.9. The number of hydrogen-bond donors (Lipinski definition) is 0. The van der Waals surface area contributed by atoms with Crippen LogP contribution in [-0.4, -0.2) is 19.1 Å². The van der Waals surface area contributed by atoms with Gasteiger partial charge in [0.2, 0.25) is 0 Å². The van der Waals surface area contributed by atoms with E-state index in [1.165, 1.54) is 75.9 Å². The molecule has 0 unspecified atom stereocenters. The summed E-state index contributed by atoms with van der Waals surface area (Å²) in [6, 6.07) is 77.5. The molecule has 0 spiro atoms. The predicted molar refractivity (Wildman–Crippen MR) is 269 cm³/mol. The highest BCUT2D eigenvalue weighted by Crippen LogP contribution is 2.43. The molecule has 0 aliphatic carbocycles. The van der Waals surface area contributed by atoms with Crippen molar-refractivity contribution in [3.05, 3.63) is 219 Å². The van der Waals surface area contributed by atoms with E-state index in [-0.39, 0.29) is 0 Å². The van der Waals surface area contributed by atoms with Crippen molar-refractivity contribution in [2.24, 2.45) is 0 Å². The smallest absolute Gasteiger partial charge is 0.0972 e. The normalized spacial score (nSPS) is 12.1. The van der Waals surface area contributed by atoms with Crippen LogP contribution < -0.4 is 0 Å². The molecular weight excluding hydrogens is 777 g/mol. The van der Waals surface area contributed by atoms with E-state index in [0.717, 1.165) is 55.6 Å². The largest absolute Gasteiger partial charge is 0.309 e. The molecule has 0 atom stereocenters. The highest BCUT2D eigenvalue weighted by atomic mass is 15.0. The fourth-order valence-electron chi connectivity index (χ4n) is 10.5. The van der Waals surface area contributed by atoms with Gasteiger partial charge in [-0.25, -0.2) is 4.98 Å². The zero-order chi connectivity index (χ0) is 41.9. The third-order valence-corrected chi connectivity index (χ3v) is 13.5. The standard InChI is InChI=1S/C60H36N4/c1-2-12-42(13-3-1)63-55-19-9-8-18-48(55)52-34-43(28-31-56(52)63)64-57-33-41(37-20-22-38(23-21-37)54-30-27-40-25-24-39-11-10-32-61-59(39)60(40)62-54)26-29-49(57)53-35-50-46-16-6-4-14-44(46)45-15-5-7-17-47(45)51(50)36-58(53)64/h1-36H. The minimum atomic E-state index is 0.925. The van der Waals surface area contributed by atoms with E-state index in [4.69, 9.17) is 4.98 Å². The van der Waals surface area contributed by atoms with Crippen molar-refractivity contribution in [1.82, 2.24) is 19.1 Å². The first-order chi connectivity index (χ1) is 31.7. The van der Waals surface area contributed by atoms with Crippen LogP contribution in [0.15, 0.2) is 219 Å². The Morgan fingerprint density at radius 2 is 0.844 bits per heavy atom. The quantitative estimate of drug-likeness (QED) is 0.166. The number of para-hydroxylation sites is 2. The molecule has 0 bridgehead atoms. The van der Waals surface area contributed by atoms with E-state index in [2.05, 4.69) is 220 Å². The maximum Gasteiger partial charge on any atom is 0.0972 e. The average Bonchev–Trinajstić information content (AvgIpc) is 3.87. The molecule has 4 heteroatoms. The number of benzene rings is 10. The lowest BCUT2D eigenvalue weighted by Crippen LogP contribution is -1.96. The molecule has 10 aromatic carbocycles. The topological polar surface area (TPSA) is 35.6 Å². The molecule has 296 valence electrons. The summed E-state index contributed by atoms with van der Waals surface area (Å²) in [6.07, 6.45) is 1.84. The van der Waals surface area contributed by atoms with Crippen molar-refractivity contribution in [3.8, 4) is 33.8 Å². The van der Waals surface area contributed by atoms with Gasteiger partial charge in [0, 0.05) is 55.5 Å². The average molecular weight is 813 g/mol. The highest BCUT2D eigenvalue weighted by Gasteiger charge is 2.20. The molecule has 64 heavy (non-hydrogen) atoms. The van der Waals surface area contributed by atoms with Crippen LogP contribution in [0.1, 0.15) is 0 Å². The summed E-state index contributed by atoms with van der Waals surface area (Å²) < 4.78 is 4.89. The number of fused-ring (bicyclic) bond motifs is 15. The van der Waals surface area contributed by atoms with Gasteiger partial charge in [-0.2, -0.15) is 0 Å². The molecule has 4 aromatic heterocycles. The molecule has 0 saturated heterocycles. The molecule has 14 aromatic rings. The second-order valence-corrected chi connectivity index (χ2v) is 16.9. The summed E-state index contributed by atoms with van der Waals surface area (Å²) in [6.45, 7) is 0. The van der Waals surface area contributed by atoms with E-state index in [0.29, 0.717) is 0 Å². The molecule has 0 fully saturated rings. The van der Waals surface area contributed by atoms with Crippen LogP contribution in [0.5, 0.6) is 0 Å². The van der Waals surface area contributed by atoms with Crippen LogP contribution in [0, 0.1) is 0 Å². The van der Waals surface area contributed by atoms with Crippen molar-refractivity contribution < 1.29 is 0 Å². The van der Waals surface area contributed by atoms with Gasteiger partial charge in [0.15, 0.2) is 0 Å². The first-order valence-electron chi connectivity index (χ1n) is 21.9. The van der Waals surface area contributed by atoms with Crippen LogP contribution in [0.25, 0.3) is 131 Å². The van der Waals surface area contributed by atoms with Gasteiger partial charge in [-0.15, -0.1) is 0 Å². The van der Waals surface area contributed by atoms with Gasteiger partial charge < -0.3 is 9.13 Å². The van der Waals surface area contributed by atoms with E-state index in [1.807, 2.05) is 12.3 Å². The van der Waals surface area contributed by atoms with Crippen LogP contribution in [0.2, 0.25) is 0 Å². The Balaban J connectivity index is 0.999. The number of hydrogen-bond acceptors (Lipinski definition) is 2. The van der Waals surface area contributed by atoms with Crippen molar-refractivity contribution in [1.29, 1.82) is 0 Å². The Morgan fingerprint density at radius 1 is 0.281 bits per heavy atom. The third kappa shape index (κ3) is 5.11. The summed E-state index contributed by atoms with van der Waals surface area (Å²) in [5.41, 5.74) is 13.2. The number of pyridine rings is 2. The molecule has 14 rings (SSSR count). The summed E-state index contributed by atoms with van der Waals surface area (Å²) in [4.78, 5) is 9.82. The van der Waals surface area contributed by atoms with E-state index in [9.17, 15) is 0 Å². The van der Waals surface area contributed by atoms with Gasteiger partial charge in [0.05, 0.1) is 38.8 Å². The number of aromatic nitrogens is 4. The van der Waals surface area contributed by atoms with Crippen molar-refractivity contribution in [3.63, 3.8) is 0 Å². The van der Waals surface area contributed by atoms with Gasteiger partial charge in [0.25, 0.3) is 0 Å². The lowest BCUT2D eigenvalue weighted by atomic mass is 9.93. The Kier molecular flexibility index (Phi) is 7.36. The molecule has 4 heterocycles. The Morgan fingerprint density at radius 3 is 1.62 bits per heavy atom. The summed E-state index contributed by atoms with van der Waals surface area (Å²) in [5.74, 6) is 0. The summed E-state index contributed by atoms with van der Waals surface area (Å²) in [7, 11) is 0. The summed E-state index contributed by atoms with van der Waals surface area (Å²) >= 11 is 0. The van der Waals surface area contributed by atoms with Crippen LogP contribution in [0.4, 0.5) is 0 Å². The van der Waals surface area contributed by atoms with Gasteiger partial charge >= 0.3 is 0 Å². The molecule has 0 aliphatic rings. The van der Waals surface area contributed by atoms with E-state index in [1.54, 1.807) is 0 Å². The SMILES string of the molecule is c1ccc(-n2c3ccccc3c3cc(-n4c5cc(-c6ccc(-c7ccc8ccc9cccnc9c8n7)cc6)ccc5c5cc6c7ccccc7c7ccccc7c6cc54)ccc32)cc1. The Hall–Kier alpha value is -8.60. The Labute approximate surface area is 367 Å². The minimum absolute atomic E-state index is 0.925. The fraction of sp³-hybridized carbons (Fsp3) is 0. The molecule has 0 N–H and O–H groups in total. The molecule has 0 saturated carbocycles. The first-order valence-corrected chi connectivity index (χ1v) is 21.9. The third-order valence-electron chi connectivity index (χ3n) is 13.5. The van der Waals surface area contributed by atoms with Gasteiger partial charge in [0.1, 0.15) is 0 Å². The zero-order valence-corrected chi connectivity index (χ0v) is 34.6. The maximum absolute atomic E-state index is 5.14. The van der Waals surface area contributed by atoms with Crippen LogP contribution in [-0.2, 0) is 0 Å². The zero-order valence-electron chi connectivity index (χ0n) is 34.6. The first kappa shape index (κ1) is 35.0. The van der Waals surface area contributed by atoms with Crippen molar-refractivity contribution in [2.75, 3.05) is 0 Å². The van der Waals surface area contributed by atoms with Gasteiger partial charge in [-0.05, 0) is 110 Å². The summed E-state index contributed by atoms with van der Waals surface area (Å²) in [5, 5.41) is 14.7. The lowest BCUT2D eigenvalue weighted by Gasteiger charge is -2.13. The van der Waals surface area contributed by atoms with Gasteiger partial charge in [-0.1, -0.05) is 146 Å². The number of rotatable bonds is 4. The molecular formula is C60H36N4. The molecule has 0 aliphatic heterocycles. The fourth-order valence-corrected chi connectivity index (χ4v) is 10.5. The minimum Gasteiger partial charge on any atom is -0.309 e. The van der Waals surface area contributed by atoms with Crippen LogP contribution in [0.3, 0.4) is 0 Å². The van der Waals surface area contributed by atoms with Gasteiger partial charge in [-0.3, -0.25) is 4.98 Å². The van der Waals surface area contributed by atoms with E-state index < -0.39 is 0 Å². The predicted octanol–water partition coefficient (Wildman–Crippen LogP) is 15.8. The Bertz CT molecular complexity index is 4230. The monoisotopic (exact) mass is 812 g/mol. The van der Waals surface area contributed by atoms with E-state index >= 15 is 0 Å². The molecule has 0 radical (unpaired) electrons.